The Labute approximate surface area is 93.4 Å². The molecular formula is C10H15N3OS. The first-order valence-corrected chi connectivity index (χ1v) is 5.58. The number of hydrogen-bond acceptors (Lipinski definition) is 4. The van der Waals surface area contributed by atoms with Gasteiger partial charge < -0.3 is 5.73 Å². The molecule has 0 saturated heterocycles. The molecule has 0 saturated carbocycles. The van der Waals surface area contributed by atoms with Crippen LogP contribution in [-0.2, 0) is 4.79 Å². The lowest BCUT2D eigenvalue weighted by Crippen LogP contribution is -2.37. The van der Waals surface area contributed by atoms with Gasteiger partial charge >= 0.3 is 0 Å². The third-order valence-corrected chi connectivity index (χ3v) is 3.34. The SMILES string of the molecule is CCC(Sc1ccc(N)cc1)C(=O)NN. The molecular weight excluding hydrogens is 210 g/mol. The average molecular weight is 225 g/mol. The van der Waals surface area contributed by atoms with Gasteiger partial charge in [0.1, 0.15) is 0 Å². The molecule has 1 aromatic carbocycles. The Balaban J connectivity index is 2.66. The van der Waals surface area contributed by atoms with Crippen LogP contribution < -0.4 is 17.0 Å². The smallest absolute Gasteiger partial charge is 0.247 e. The summed E-state index contributed by atoms with van der Waals surface area (Å²) in [5, 5.41) is -0.154. The zero-order chi connectivity index (χ0) is 11.3. The third-order valence-electron chi connectivity index (χ3n) is 1.96. The van der Waals surface area contributed by atoms with Crippen LogP contribution in [0.25, 0.3) is 0 Å². The molecule has 1 amide bonds. The fourth-order valence-electron chi connectivity index (χ4n) is 1.13. The molecule has 1 atom stereocenters. The van der Waals surface area contributed by atoms with E-state index in [0.29, 0.717) is 0 Å². The highest BCUT2D eigenvalue weighted by molar-refractivity contribution is 8.00. The van der Waals surface area contributed by atoms with Crippen molar-refractivity contribution in [1.29, 1.82) is 0 Å². The van der Waals surface area contributed by atoms with Crippen LogP contribution in [0.5, 0.6) is 0 Å². The van der Waals surface area contributed by atoms with Crippen molar-refractivity contribution in [2.75, 3.05) is 5.73 Å². The Morgan fingerprint density at radius 3 is 2.53 bits per heavy atom. The van der Waals surface area contributed by atoms with Crippen molar-refractivity contribution >= 4 is 23.4 Å². The number of nitrogens with one attached hydrogen (secondary N) is 1. The van der Waals surface area contributed by atoms with Crippen LogP contribution >= 0.6 is 11.8 Å². The van der Waals surface area contributed by atoms with Crippen LogP contribution in [0.15, 0.2) is 29.2 Å². The highest BCUT2D eigenvalue weighted by Gasteiger charge is 2.16. The van der Waals surface area contributed by atoms with Crippen molar-refractivity contribution in [1.82, 2.24) is 5.43 Å². The van der Waals surface area contributed by atoms with Gasteiger partial charge in [-0.15, -0.1) is 11.8 Å². The van der Waals surface area contributed by atoms with E-state index in [1.54, 1.807) is 0 Å². The molecule has 5 N–H and O–H groups in total. The van der Waals surface area contributed by atoms with Gasteiger partial charge in [-0.05, 0) is 30.7 Å². The number of carbonyl (C=O) groups is 1. The predicted molar refractivity (Wildman–Crippen MR) is 63.1 cm³/mol. The second kappa shape index (κ2) is 5.63. The van der Waals surface area contributed by atoms with E-state index in [0.717, 1.165) is 17.0 Å². The van der Waals surface area contributed by atoms with Crippen molar-refractivity contribution < 1.29 is 4.79 Å². The highest BCUT2D eigenvalue weighted by Crippen LogP contribution is 2.25. The maximum atomic E-state index is 11.3. The number of nitrogen functional groups attached to an aromatic ring is 1. The lowest BCUT2D eigenvalue weighted by molar-refractivity contribution is -0.120. The minimum Gasteiger partial charge on any atom is -0.399 e. The molecule has 0 aliphatic carbocycles. The standard InChI is InChI=1S/C10H15N3OS/c1-2-9(10(14)13-12)15-8-5-3-7(11)4-6-8/h3-6,9H,2,11-12H2,1H3,(H,13,14). The molecule has 0 heterocycles. The molecule has 4 nitrogen and oxygen atoms in total. The Kier molecular flexibility index (Phi) is 4.45. The van der Waals surface area contributed by atoms with Crippen LogP contribution in [0.2, 0.25) is 0 Å². The lowest BCUT2D eigenvalue weighted by Gasteiger charge is -2.12. The molecule has 82 valence electrons. The maximum absolute atomic E-state index is 11.3. The number of hydrogen-bond donors (Lipinski definition) is 3. The summed E-state index contributed by atoms with van der Waals surface area (Å²) in [5.74, 6) is 4.94. The summed E-state index contributed by atoms with van der Waals surface area (Å²) >= 11 is 1.48. The van der Waals surface area contributed by atoms with E-state index in [-0.39, 0.29) is 11.2 Å². The summed E-state index contributed by atoms with van der Waals surface area (Å²) < 4.78 is 0. The van der Waals surface area contributed by atoms with Gasteiger partial charge in [-0.3, -0.25) is 10.2 Å². The van der Waals surface area contributed by atoms with E-state index in [1.807, 2.05) is 31.2 Å². The Morgan fingerprint density at radius 2 is 2.07 bits per heavy atom. The van der Waals surface area contributed by atoms with Gasteiger partial charge in [0.2, 0.25) is 5.91 Å². The zero-order valence-electron chi connectivity index (χ0n) is 8.57. The fraction of sp³-hybridized carbons (Fsp3) is 0.300. The number of benzene rings is 1. The number of amides is 1. The number of nitrogens with two attached hydrogens (primary N) is 2. The lowest BCUT2D eigenvalue weighted by atomic mass is 10.3. The Bertz CT molecular complexity index is 326. The first kappa shape index (κ1) is 11.9. The van der Waals surface area contributed by atoms with Crippen LogP contribution in [0.1, 0.15) is 13.3 Å². The van der Waals surface area contributed by atoms with Gasteiger partial charge in [-0.1, -0.05) is 6.92 Å². The number of anilines is 1. The number of carbonyl (C=O) groups excluding carboxylic acids is 1. The molecule has 0 bridgehead atoms. The quantitative estimate of drug-likeness (QED) is 0.236. The van der Waals surface area contributed by atoms with Crippen molar-refractivity contribution in [3.05, 3.63) is 24.3 Å². The summed E-state index contributed by atoms with van der Waals surface area (Å²) in [5.41, 5.74) is 8.45. The van der Waals surface area contributed by atoms with Gasteiger partial charge in [0.05, 0.1) is 5.25 Å². The number of thioether (sulfide) groups is 1. The van der Waals surface area contributed by atoms with Crippen molar-refractivity contribution in [3.63, 3.8) is 0 Å². The number of hydrazine groups is 1. The van der Waals surface area contributed by atoms with Gasteiger partial charge in [0.15, 0.2) is 0 Å². The largest absolute Gasteiger partial charge is 0.399 e. The minimum absolute atomic E-state index is 0.153. The van der Waals surface area contributed by atoms with Gasteiger partial charge in [-0.2, -0.15) is 0 Å². The molecule has 0 spiro atoms. The molecule has 1 rings (SSSR count). The third kappa shape index (κ3) is 3.45. The van der Waals surface area contributed by atoms with E-state index in [1.165, 1.54) is 11.8 Å². The maximum Gasteiger partial charge on any atom is 0.247 e. The van der Waals surface area contributed by atoms with E-state index < -0.39 is 0 Å². The zero-order valence-corrected chi connectivity index (χ0v) is 9.38. The fourth-order valence-corrected chi connectivity index (χ4v) is 2.09. The van der Waals surface area contributed by atoms with Crippen molar-refractivity contribution in [2.24, 2.45) is 5.84 Å². The first-order valence-electron chi connectivity index (χ1n) is 4.70. The average Bonchev–Trinajstić information content (AvgIpc) is 2.27. The molecule has 1 unspecified atom stereocenters. The van der Waals surface area contributed by atoms with E-state index >= 15 is 0 Å². The Hall–Kier alpha value is -1.20. The summed E-state index contributed by atoms with van der Waals surface area (Å²) in [6, 6.07) is 7.42. The molecule has 0 aromatic heterocycles. The summed E-state index contributed by atoms with van der Waals surface area (Å²) in [6.07, 6.45) is 0.734. The first-order chi connectivity index (χ1) is 7.17. The van der Waals surface area contributed by atoms with E-state index in [2.05, 4.69) is 5.43 Å². The second-order valence-electron chi connectivity index (χ2n) is 3.09. The molecule has 0 aliphatic rings. The molecule has 0 radical (unpaired) electrons. The molecule has 5 heteroatoms. The van der Waals surface area contributed by atoms with Crippen molar-refractivity contribution in [3.8, 4) is 0 Å². The predicted octanol–water partition coefficient (Wildman–Crippen LogP) is 1.13. The second-order valence-corrected chi connectivity index (χ2v) is 4.37. The molecule has 0 fully saturated rings. The van der Waals surface area contributed by atoms with Crippen LogP contribution in [0, 0.1) is 0 Å². The van der Waals surface area contributed by atoms with Gasteiger partial charge in [-0.25, -0.2) is 5.84 Å². The molecule has 0 aliphatic heterocycles. The highest BCUT2D eigenvalue weighted by atomic mass is 32.2. The summed E-state index contributed by atoms with van der Waals surface area (Å²) in [4.78, 5) is 12.3. The summed E-state index contributed by atoms with van der Waals surface area (Å²) in [7, 11) is 0. The van der Waals surface area contributed by atoms with E-state index in [9.17, 15) is 4.79 Å². The van der Waals surface area contributed by atoms with Crippen LogP contribution in [0.4, 0.5) is 5.69 Å². The molecule has 1 aromatic rings. The van der Waals surface area contributed by atoms with Crippen molar-refractivity contribution in [2.45, 2.75) is 23.5 Å². The minimum atomic E-state index is -0.154. The Morgan fingerprint density at radius 1 is 1.47 bits per heavy atom. The van der Waals surface area contributed by atoms with Gasteiger partial charge in [0.25, 0.3) is 0 Å². The monoisotopic (exact) mass is 225 g/mol. The topological polar surface area (TPSA) is 81.1 Å². The van der Waals surface area contributed by atoms with Gasteiger partial charge in [0, 0.05) is 10.6 Å². The number of rotatable bonds is 4. The normalized spacial score (nSPS) is 12.1. The molecule has 15 heavy (non-hydrogen) atoms. The van der Waals surface area contributed by atoms with E-state index in [4.69, 9.17) is 11.6 Å². The summed E-state index contributed by atoms with van der Waals surface area (Å²) in [6.45, 7) is 1.95. The van der Waals surface area contributed by atoms with Crippen LogP contribution in [0.3, 0.4) is 0 Å². The van der Waals surface area contributed by atoms with Crippen LogP contribution in [-0.4, -0.2) is 11.2 Å².